The number of nitrogens with zero attached hydrogens (tertiary/aromatic N) is 1. The van der Waals surface area contributed by atoms with Crippen LogP contribution in [0, 0.1) is 0 Å². The van der Waals surface area contributed by atoms with Gasteiger partial charge in [-0.3, -0.25) is 4.79 Å². The molecule has 1 saturated heterocycles. The topological polar surface area (TPSA) is 78.9 Å². The number of ether oxygens (including phenoxy) is 1. The van der Waals surface area contributed by atoms with Crippen LogP contribution in [-0.4, -0.2) is 48.3 Å². The quantitative estimate of drug-likeness (QED) is 0.809. The van der Waals surface area contributed by atoms with Crippen molar-refractivity contribution in [3.8, 4) is 0 Å². The second-order valence-electron chi connectivity index (χ2n) is 4.92. The largest absolute Gasteiger partial charge is 0.481 e. The predicted molar refractivity (Wildman–Crippen MR) is 77.0 cm³/mol. The minimum Gasteiger partial charge on any atom is -0.481 e. The van der Waals surface area contributed by atoms with Crippen molar-refractivity contribution < 1.29 is 19.4 Å². The molecule has 1 aromatic rings. The van der Waals surface area contributed by atoms with Gasteiger partial charge in [-0.2, -0.15) is 0 Å². The third-order valence-electron chi connectivity index (χ3n) is 3.42. The van der Waals surface area contributed by atoms with Gasteiger partial charge in [0.1, 0.15) is 0 Å². The van der Waals surface area contributed by atoms with Crippen molar-refractivity contribution in [1.29, 1.82) is 0 Å². The standard InChI is InChI=1S/C15H20N2O4/c18-14(19)7-4-8-16-15(20)17-9-10-21-11-13(17)12-5-2-1-3-6-12/h1-3,5-6,13H,4,7-11H2,(H,16,20)(H,18,19). The van der Waals surface area contributed by atoms with Gasteiger partial charge in [-0.15, -0.1) is 0 Å². The Morgan fingerprint density at radius 3 is 2.81 bits per heavy atom. The molecule has 6 heteroatoms. The van der Waals surface area contributed by atoms with Crippen LogP contribution in [0.25, 0.3) is 0 Å². The molecule has 0 aliphatic carbocycles. The van der Waals surface area contributed by atoms with Gasteiger partial charge in [-0.25, -0.2) is 4.79 Å². The van der Waals surface area contributed by atoms with Crippen LogP contribution >= 0.6 is 0 Å². The molecular formula is C15H20N2O4. The zero-order chi connectivity index (χ0) is 15.1. The van der Waals surface area contributed by atoms with Gasteiger partial charge in [-0.05, 0) is 12.0 Å². The normalized spacial score (nSPS) is 18.3. The Morgan fingerprint density at radius 1 is 1.33 bits per heavy atom. The SMILES string of the molecule is O=C(O)CCCNC(=O)N1CCOCC1c1ccccc1. The molecule has 0 spiro atoms. The van der Waals surface area contributed by atoms with Crippen molar-refractivity contribution in [3.05, 3.63) is 35.9 Å². The van der Waals surface area contributed by atoms with Crippen molar-refractivity contribution >= 4 is 12.0 Å². The van der Waals surface area contributed by atoms with E-state index in [4.69, 9.17) is 9.84 Å². The molecule has 1 fully saturated rings. The van der Waals surface area contributed by atoms with Crippen LogP contribution in [0.15, 0.2) is 30.3 Å². The lowest BCUT2D eigenvalue weighted by atomic mass is 10.1. The second-order valence-corrected chi connectivity index (χ2v) is 4.92. The summed E-state index contributed by atoms with van der Waals surface area (Å²) in [7, 11) is 0. The molecule has 0 radical (unpaired) electrons. The number of aliphatic carboxylic acids is 1. The smallest absolute Gasteiger partial charge is 0.318 e. The molecule has 1 atom stereocenters. The van der Waals surface area contributed by atoms with E-state index < -0.39 is 5.97 Å². The minimum atomic E-state index is -0.849. The van der Waals surface area contributed by atoms with E-state index in [9.17, 15) is 9.59 Å². The lowest BCUT2D eigenvalue weighted by Gasteiger charge is -2.35. The monoisotopic (exact) mass is 292 g/mol. The Morgan fingerprint density at radius 2 is 2.10 bits per heavy atom. The van der Waals surface area contributed by atoms with E-state index in [1.165, 1.54) is 0 Å². The number of amides is 2. The number of carboxylic acids is 1. The first-order valence-corrected chi connectivity index (χ1v) is 7.07. The Kier molecular flexibility index (Phi) is 5.57. The number of morpholine rings is 1. The summed E-state index contributed by atoms with van der Waals surface area (Å²) in [5, 5.41) is 11.4. The first-order chi connectivity index (χ1) is 10.2. The predicted octanol–water partition coefficient (Wildman–Crippen LogP) is 1.63. The van der Waals surface area contributed by atoms with Crippen LogP contribution in [0.3, 0.4) is 0 Å². The van der Waals surface area contributed by atoms with Crippen LogP contribution in [0.4, 0.5) is 4.79 Å². The fraction of sp³-hybridized carbons (Fsp3) is 0.467. The van der Waals surface area contributed by atoms with Gasteiger partial charge in [0.15, 0.2) is 0 Å². The van der Waals surface area contributed by atoms with Crippen LogP contribution < -0.4 is 5.32 Å². The number of hydrogen-bond acceptors (Lipinski definition) is 3. The van der Waals surface area contributed by atoms with Crippen LogP contribution in [-0.2, 0) is 9.53 Å². The van der Waals surface area contributed by atoms with Crippen LogP contribution in [0.5, 0.6) is 0 Å². The summed E-state index contributed by atoms with van der Waals surface area (Å²) >= 11 is 0. The first kappa shape index (κ1) is 15.3. The van der Waals surface area contributed by atoms with Gasteiger partial charge in [-0.1, -0.05) is 30.3 Å². The highest BCUT2D eigenvalue weighted by atomic mass is 16.5. The number of benzene rings is 1. The maximum Gasteiger partial charge on any atom is 0.318 e. The van der Waals surface area contributed by atoms with Crippen molar-refractivity contribution in [3.63, 3.8) is 0 Å². The molecule has 0 bridgehead atoms. The average molecular weight is 292 g/mol. The van der Waals surface area contributed by atoms with Gasteiger partial charge in [0.05, 0.1) is 19.3 Å². The number of urea groups is 1. The van der Waals surface area contributed by atoms with Crippen LogP contribution in [0.2, 0.25) is 0 Å². The minimum absolute atomic E-state index is 0.0610. The van der Waals surface area contributed by atoms with E-state index in [-0.39, 0.29) is 18.5 Å². The van der Waals surface area contributed by atoms with Gasteiger partial charge in [0.25, 0.3) is 0 Å². The molecule has 21 heavy (non-hydrogen) atoms. The molecule has 1 aliphatic rings. The Labute approximate surface area is 123 Å². The third-order valence-corrected chi connectivity index (χ3v) is 3.42. The molecule has 0 aromatic heterocycles. The third kappa shape index (κ3) is 4.46. The summed E-state index contributed by atoms with van der Waals surface area (Å²) < 4.78 is 5.47. The zero-order valence-corrected chi connectivity index (χ0v) is 11.8. The fourth-order valence-electron chi connectivity index (χ4n) is 2.33. The number of carbonyl (C=O) groups is 2. The van der Waals surface area contributed by atoms with Crippen molar-refractivity contribution in [1.82, 2.24) is 10.2 Å². The Hall–Kier alpha value is -2.08. The summed E-state index contributed by atoms with van der Waals surface area (Å²) in [6.45, 7) is 1.90. The summed E-state index contributed by atoms with van der Waals surface area (Å²) in [5.74, 6) is -0.849. The van der Waals surface area contributed by atoms with Crippen molar-refractivity contribution in [2.24, 2.45) is 0 Å². The van der Waals surface area contributed by atoms with Crippen molar-refractivity contribution in [2.45, 2.75) is 18.9 Å². The van der Waals surface area contributed by atoms with Gasteiger partial charge < -0.3 is 20.1 Å². The maximum absolute atomic E-state index is 12.2. The zero-order valence-electron chi connectivity index (χ0n) is 11.8. The van der Waals surface area contributed by atoms with Gasteiger partial charge >= 0.3 is 12.0 Å². The highest BCUT2D eigenvalue weighted by Gasteiger charge is 2.28. The second kappa shape index (κ2) is 7.64. The average Bonchev–Trinajstić information content (AvgIpc) is 2.52. The van der Waals surface area contributed by atoms with E-state index in [1.807, 2.05) is 30.3 Å². The highest BCUT2D eigenvalue weighted by Crippen LogP contribution is 2.23. The van der Waals surface area contributed by atoms with E-state index in [0.717, 1.165) is 5.56 Å². The van der Waals surface area contributed by atoms with E-state index in [0.29, 0.717) is 32.7 Å². The highest BCUT2D eigenvalue weighted by molar-refractivity contribution is 5.75. The summed E-state index contributed by atoms with van der Waals surface area (Å²) in [6.07, 6.45) is 0.493. The number of carbonyl (C=O) groups excluding carboxylic acids is 1. The molecule has 114 valence electrons. The van der Waals surface area contributed by atoms with E-state index in [1.54, 1.807) is 4.90 Å². The lowest BCUT2D eigenvalue weighted by molar-refractivity contribution is -0.137. The molecule has 1 unspecified atom stereocenters. The molecule has 1 aliphatic heterocycles. The first-order valence-electron chi connectivity index (χ1n) is 7.07. The molecule has 1 aromatic carbocycles. The molecular weight excluding hydrogens is 272 g/mol. The lowest BCUT2D eigenvalue weighted by Crippen LogP contribution is -2.48. The van der Waals surface area contributed by atoms with Crippen molar-refractivity contribution in [2.75, 3.05) is 26.3 Å². The number of nitrogens with one attached hydrogen (secondary N) is 1. The van der Waals surface area contributed by atoms with Crippen LogP contribution in [0.1, 0.15) is 24.4 Å². The number of rotatable bonds is 5. The molecule has 1 heterocycles. The van der Waals surface area contributed by atoms with Gasteiger partial charge in [0, 0.05) is 19.5 Å². The molecule has 2 rings (SSSR count). The van der Waals surface area contributed by atoms with Gasteiger partial charge in [0.2, 0.25) is 0 Å². The Bertz CT molecular complexity index is 478. The fourth-order valence-corrected chi connectivity index (χ4v) is 2.33. The molecule has 2 N–H and O–H groups in total. The van der Waals surface area contributed by atoms with E-state index >= 15 is 0 Å². The van der Waals surface area contributed by atoms with E-state index in [2.05, 4.69) is 5.32 Å². The summed E-state index contributed by atoms with van der Waals surface area (Å²) in [6, 6.07) is 9.49. The molecule has 0 saturated carbocycles. The summed E-state index contributed by atoms with van der Waals surface area (Å²) in [4.78, 5) is 24.4. The Balaban J connectivity index is 1.92. The maximum atomic E-state index is 12.2. The number of carboxylic acid groups (broad SMARTS) is 1. The number of hydrogen-bond donors (Lipinski definition) is 2. The molecule has 2 amide bonds. The summed E-state index contributed by atoms with van der Waals surface area (Å²) in [5.41, 5.74) is 1.04. The molecule has 6 nitrogen and oxygen atoms in total.